The molecule has 5 heteroatoms. The van der Waals surface area contributed by atoms with E-state index in [-0.39, 0.29) is 5.97 Å². The molecule has 0 unspecified atom stereocenters. The molecule has 0 radical (unpaired) electrons. The first-order chi connectivity index (χ1) is 6.95. The Morgan fingerprint density at radius 1 is 1.60 bits per heavy atom. The molecule has 0 aromatic carbocycles. The van der Waals surface area contributed by atoms with E-state index < -0.39 is 4.75 Å². The Kier molecular flexibility index (Phi) is 3.57. The molecular formula is C10H14N2O2S. The molecule has 15 heavy (non-hydrogen) atoms. The number of ether oxygens (including phenoxy) is 1. The first-order valence-electron chi connectivity index (χ1n) is 4.44. The molecular weight excluding hydrogens is 212 g/mol. The number of hydrogen-bond acceptors (Lipinski definition) is 5. The summed E-state index contributed by atoms with van der Waals surface area (Å²) < 4.78 is 4.09. The quantitative estimate of drug-likeness (QED) is 0.628. The number of nitrogen functional groups attached to an aromatic ring is 1. The van der Waals surface area contributed by atoms with Gasteiger partial charge >= 0.3 is 5.97 Å². The summed E-state index contributed by atoms with van der Waals surface area (Å²) in [7, 11) is 1.38. The number of nitrogens with zero attached hydrogens (tertiary/aromatic N) is 1. The SMILES string of the molecule is COC(=O)C(C)(C)Sc1ccnc(N)c1. The Morgan fingerprint density at radius 2 is 2.27 bits per heavy atom. The molecule has 0 atom stereocenters. The Hall–Kier alpha value is -1.23. The van der Waals surface area contributed by atoms with Crippen LogP contribution >= 0.6 is 11.8 Å². The summed E-state index contributed by atoms with van der Waals surface area (Å²) in [6.07, 6.45) is 1.62. The summed E-state index contributed by atoms with van der Waals surface area (Å²) >= 11 is 1.40. The van der Waals surface area contributed by atoms with Gasteiger partial charge in [0.15, 0.2) is 0 Å². The highest BCUT2D eigenvalue weighted by Gasteiger charge is 2.29. The topological polar surface area (TPSA) is 65.2 Å². The summed E-state index contributed by atoms with van der Waals surface area (Å²) in [5, 5.41) is 0. The highest BCUT2D eigenvalue weighted by molar-refractivity contribution is 8.01. The number of carbonyl (C=O) groups is 1. The van der Waals surface area contributed by atoms with Gasteiger partial charge in [0, 0.05) is 11.1 Å². The van der Waals surface area contributed by atoms with Gasteiger partial charge < -0.3 is 10.5 Å². The predicted octanol–water partition coefficient (Wildman–Crippen LogP) is 1.71. The maximum atomic E-state index is 11.4. The zero-order chi connectivity index (χ0) is 11.5. The molecule has 0 bridgehead atoms. The maximum absolute atomic E-state index is 11.4. The molecule has 0 saturated carbocycles. The average molecular weight is 226 g/mol. The number of hydrogen-bond donors (Lipinski definition) is 1. The molecule has 0 aliphatic carbocycles. The van der Waals surface area contributed by atoms with Crippen molar-refractivity contribution in [2.45, 2.75) is 23.5 Å². The molecule has 1 heterocycles. The van der Waals surface area contributed by atoms with Crippen molar-refractivity contribution in [3.8, 4) is 0 Å². The van der Waals surface area contributed by atoms with Crippen molar-refractivity contribution < 1.29 is 9.53 Å². The molecule has 0 saturated heterocycles. The zero-order valence-electron chi connectivity index (χ0n) is 8.98. The van der Waals surface area contributed by atoms with Gasteiger partial charge in [-0.3, -0.25) is 4.79 Å². The van der Waals surface area contributed by atoms with E-state index in [1.54, 1.807) is 26.1 Å². The highest BCUT2D eigenvalue weighted by Crippen LogP contribution is 2.33. The second kappa shape index (κ2) is 4.53. The van der Waals surface area contributed by atoms with E-state index in [1.165, 1.54) is 18.9 Å². The number of aromatic nitrogens is 1. The van der Waals surface area contributed by atoms with Crippen molar-refractivity contribution >= 4 is 23.5 Å². The first-order valence-corrected chi connectivity index (χ1v) is 5.26. The van der Waals surface area contributed by atoms with Gasteiger partial charge in [-0.1, -0.05) is 0 Å². The fraction of sp³-hybridized carbons (Fsp3) is 0.400. The standard InChI is InChI=1S/C10H14N2O2S/c1-10(2,9(13)14-3)15-7-4-5-12-8(11)6-7/h4-6H,1-3H3,(H2,11,12). The van der Waals surface area contributed by atoms with Gasteiger partial charge in [-0.15, -0.1) is 11.8 Å². The van der Waals surface area contributed by atoms with Crippen LogP contribution in [-0.2, 0) is 9.53 Å². The normalized spacial score (nSPS) is 11.1. The molecule has 0 aliphatic rings. The van der Waals surface area contributed by atoms with Gasteiger partial charge in [-0.25, -0.2) is 4.98 Å². The van der Waals surface area contributed by atoms with E-state index >= 15 is 0 Å². The van der Waals surface area contributed by atoms with Crippen molar-refractivity contribution in [3.63, 3.8) is 0 Å². The lowest BCUT2D eigenvalue weighted by Gasteiger charge is -2.20. The second-order valence-electron chi connectivity index (χ2n) is 3.52. The van der Waals surface area contributed by atoms with E-state index in [0.29, 0.717) is 5.82 Å². The molecule has 0 aliphatic heterocycles. The van der Waals surface area contributed by atoms with Gasteiger partial charge in [-0.2, -0.15) is 0 Å². The zero-order valence-corrected chi connectivity index (χ0v) is 9.80. The number of methoxy groups -OCH3 is 1. The summed E-state index contributed by atoms with van der Waals surface area (Å²) in [5.74, 6) is 0.184. The van der Waals surface area contributed by atoms with E-state index in [9.17, 15) is 4.79 Å². The minimum atomic E-state index is -0.622. The number of carbonyl (C=O) groups excluding carboxylic acids is 1. The third-order valence-corrected chi connectivity index (χ3v) is 2.97. The number of esters is 1. The van der Waals surface area contributed by atoms with Crippen molar-refractivity contribution in [3.05, 3.63) is 18.3 Å². The molecule has 1 aromatic rings. The van der Waals surface area contributed by atoms with E-state index in [2.05, 4.69) is 4.98 Å². The van der Waals surface area contributed by atoms with Crippen LogP contribution in [0, 0.1) is 0 Å². The molecule has 82 valence electrons. The molecule has 0 spiro atoms. The van der Waals surface area contributed by atoms with Gasteiger partial charge in [0.2, 0.25) is 0 Å². The molecule has 4 nitrogen and oxygen atoms in total. The summed E-state index contributed by atoms with van der Waals surface area (Å²) in [4.78, 5) is 16.2. The molecule has 0 fully saturated rings. The average Bonchev–Trinajstić information content (AvgIpc) is 2.15. The predicted molar refractivity (Wildman–Crippen MR) is 60.6 cm³/mol. The number of pyridine rings is 1. The minimum absolute atomic E-state index is 0.261. The Labute approximate surface area is 93.2 Å². The van der Waals surface area contributed by atoms with Crippen LogP contribution in [0.15, 0.2) is 23.2 Å². The van der Waals surface area contributed by atoms with Crippen LogP contribution in [0.25, 0.3) is 0 Å². The lowest BCUT2D eigenvalue weighted by atomic mass is 10.2. The first kappa shape index (κ1) is 11.8. The second-order valence-corrected chi connectivity index (χ2v) is 5.22. The van der Waals surface area contributed by atoms with Crippen LogP contribution in [0.5, 0.6) is 0 Å². The van der Waals surface area contributed by atoms with Crippen molar-refractivity contribution in [2.24, 2.45) is 0 Å². The van der Waals surface area contributed by atoms with Crippen LogP contribution in [0.4, 0.5) is 5.82 Å². The number of anilines is 1. The summed E-state index contributed by atoms with van der Waals surface area (Å²) in [6.45, 7) is 3.61. The van der Waals surface area contributed by atoms with Crippen LogP contribution < -0.4 is 5.73 Å². The van der Waals surface area contributed by atoms with E-state index in [1.807, 2.05) is 6.07 Å². The van der Waals surface area contributed by atoms with Crippen LogP contribution in [0.1, 0.15) is 13.8 Å². The lowest BCUT2D eigenvalue weighted by molar-refractivity contribution is -0.142. The smallest absolute Gasteiger partial charge is 0.321 e. The molecule has 1 rings (SSSR count). The van der Waals surface area contributed by atoms with Crippen LogP contribution in [0.3, 0.4) is 0 Å². The van der Waals surface area contributed by atoms with Gasteiger partial charge in [0.05, 0.1) is 7.11 Å². The van der Waals surface area contributed by atoms with Crippen molar-refractivity contribution in [1.82, 2.24) is 4.98 Å². The van der Waals surface area contributed by atoms with Crippen LogP contribution in [0.2, 0.25) is 0 Å². The monoisotopic (exact) mass is 226 g/mol. The Bertz CT molecular complexity index is 366. The van der Waals surface area contributed by atoms with Crippen LogP contribution in [-0.4, -0.2) is 22.8 Å². The van der Waals surface area contributed by atoms with Gasteiger partial charge in [0.25, 0.3) is 0 Å². The number of thioether (sulfide) groups is 1. The fourth-order valence-corrected chi connectivity index (χ4v) is 2.14. The summed E-state index contributed by atoms with van der Waals surface area (Å²) in [5.41, 5.74) is 5.55. The highest BCUT2D eigenvalue weighted by atomic mass is 32.2. The number of rotatable bonds is 3. The fourth-order valence-electron chi connectivity index (χ4n) is 1.07. The summed E-state index contributed by atoms with van der Waals surface area (Å²) in [6, 6.07) is 3.54. The minimum Gasteiger partial charge on any atom is -0.468 e. The Balaban J connectivity index is 2.81. The van der Waals surface area contributed by atoms with E-state index in [0.717, 1.165) is 4.90 Å². The van der Waals surface area contributed by atoms with E-state index in [4.69, 9.17) is 10.5 Å². The third-order valence-electron chi connectivity index (χ3n) is 1.80. The number of nitrogens with two attached hydrogens (primary N) is 1. The third kappa shape index (κ3) is 3.13. The molecule has 2 N–H and O–H groups in total. The molecule has 1 aromatic heterocycles. The van der Waals surface area contributed by atoms with Crippen molar-refractivity contribution in [2.75, 3.05) is 12.8 Å². The Morgan fingerprint density at radius 3 is 2.80 bits per heavy atom. The van der Waals surface area contributed by atoms with Gasteiger partial charge in [0.1, 0.15) is 10.6 Å². The van der Waals surface area contributed by atoms with Gasteiger partial charge in [-0.05, 0) is 26.0 Å². The molecule has 0 amide bonds. The van der Waals surface area contributed by atoms with Crippen molar-refractivity contribution in [1.29, 1.82) is 0 Å². The maximum Gasteiger partial charge on any atom is 0.321 e. The largest absolute Gasteiger partial charge is 0.468 e. The lowest BCUT2D eigenvalue weighted by Crippen LogP contribution is -2.28.